The highest BCUT2D eigenvalue weighted by molar-refractivity contribution is 8.01. The van der Waals surface area contributed by atoms with Gasteiger partial charge in [-0.2, -0.15) is 5.10 Å². The lowest BCUT2D eigenvalue weighted by Crippen LogP contribution is -2.14. The number of aryl methyl sites for hydroxylation is 1. The molecule has 0 radical (unpaired) electrons. The first-order valence-electron chi connectivity index (χ1n) is 11.1. The third kappa shape index (κ3) is 6.46. The van der Waals surface area contributed by atoms with Crippen LogP contribution < -0.4 is 15.4 Å². The number of benzene rings is 2. The molecule has 0 saturated carbocycles. The summed E-state index contributed by atoms with van der Waals surface area (Å²) >= 11 is 2.36. The van der Waals surface area contributed by atoms with E-state index in [-0.39, 0.29) is 34.1 Å². The smallest absolute Gasteiger partial charge is 0.281 e. The predicted molar refractivity (Wildman–Crippen MR) is 138 cm³/mol. The van der Waals surface area contributed by atoms with E-state index in [4.69, 9.17) is 4.74 Å². The molecule has 9 nitrogen and oxygen atoms in total. The molecular weight excluding hydrogens is 503 g/mol. The first kappa shape index (κ1) is 25.3. The van der Waals surface area contributed by atoms with Crippen LogP contribution in [0.5, 0.6) is 5.75 Å². The van der Waals surface area contributed by atoms with Crippen LogP contribution in [0.4, 0.5) is 15.2 Å². The highest BCUT2D eigenvalue weighted by atomic mass is 32.2. The maximum atomic E-state index is 13.2. The average Bonchev–Trinajstić information content (AvgIpc) is 3.51. The van der Waals surface area contributed by atoms with Crippen molar-refractivity contribution in [3.63, 3.8) is 0 Å². The first-order valence-corrected chi connectivity index (χ1v) is 12.9. The van der Waals surface area contributed by atoms with Gasteiger partial charge < -0.3 is 10.1 Å². The van der Waals surface area contributed by atoms with E-state index < -0.39 is 5.91 Å². The maximum Gasteiger partial charge on any atom is 0.281 e. The van der Waals surface area contributed by atoms with Gasteiger partial charge in [-0.15, -0.1) is 10.2 Å². The van der Waals surface area contributed by atoms with E-state index >= 15 is 0 Å². The van der Waals surface area contributed by atoms with Crippen LogP contribution in [0.3, 0.4) is 0 Å². The van der Waals surface area contributed by atoms with Crippen LogP contribution in [0.2, 0.25) is 0 Å². The Hall–Kier alpha value is -3.77. The summed E-state index contributed by atoms with van der Waals surface area (Å²) in [6, 6.07) is 13.4. The summed E-state index contributed by atoms with van der Waals surface area (Å²) in [4.78, 5) is 25.1. The number of carbonyl (C=O) groups is 2. The standard InChI is InChI=1S/C24H23FN6O3S2/c1-3-15-5-9-17(10-6-15)26-20(32)14-35-24-29-28-23(36-24)27-22(33)21-19(34-4-2)13-31(30-21)18-11-7-16(25)8-12-18/h5-13H,3-4,14H2,1-2H3,(H,26,32)(H,27,28,33). The van der Waals surface area contributed by atoms with Crippen molar-refractivity contribution in [3.8, 4) is 11.4 Å². The number of nitrogens with zero attached hydrogens (tertiary/aromatic N) is 4. The fourth-order valence-electron chi connectivity index (χ4n) is 3.13. The van der Waals surface area contributed by atoms with E-state index in [9.17, 15) is 14.0 Å². The third-order valence-electron chi connectivity index (χ3n) is 4.89. The second kappa shape index (κ2) is 11.8. The Bertz CT molecular complexity index is 1340. The molecule has 4 aromatic rings. The molecule has 0 spiro atoms. The number of amides is 2. The fraction of sp³-hybridized carbons (Fsp3) is 0.208. The molecule has 0 saturated heterocycles. The quantitative estimate of drug-likeness (QED) is 0.225. The van der Waals surface area contributed by atoms with Gasteiger partial charge in [0.05, 0.1) is 24.2 Å². The number of ether oxygens (including phenoxy) is 1. The van der Waals surface area contributed by atoms with Crippen molar-refractivity contribution < 1.29 is 18.7 Å². The second-order valence-corrected chi connectivity index (χ2v) is 9.61. The lowest BCUT2D eigenvalue weighted by molar-refractivity contribution is -0.113. The first-order chi connectivity index (χ1) is 17.4. The minimum Gasteiger partial charge on any atom is -0.490 e. The van der Waals surface area contributed by atoms with Gasteiger partial charge >= 0.3 is 0 Å². The van der Waals surface area contributed by atoms with Crippen LogP contribution in [-0.2, 0) is 11.2 Å². The Kier molecular flexibility index (Phi) is 8.28. The van der Waals surface area contributed by atoms with Gasteiger partial charge in [0.25, 0.3) is 5.91 Å². The molecule has 2 aromatic heterocycles. The molecule has 0 aliphatic heterocycles. The molecule has 4 rings (SSSR count). The van der Waals surface area contributed by atoms with E-state index in [1.165, 1.54) is 34.1 Å². The number of thioether (sulfide) groups is 1. The third-order valence-corrected chi connectivity index (χ3v) is 6.86. The van der Waals surface area contributed by atoms with E-state index in [1.54, 1.807) is 25.3 Å². The molecule has 2 N–H and O–H groups in total. The zero-order chi connectivity index (χ0) is 25.5. The van der Waals surface area contributed by atoms with Crippen molar-refractivity contribution in [2.24, 2.45) is 0 Å². The number of rotatable bonds is 10. The Labute approximate surface area is 215 Å². The van der Waals surface area contributed by atoms with Gasteiger partial charge in [-0.05, 0) is 55.3 Å². The molecule has 2 aromatic carbocycles. The van der Waals surface area contributed by atoms with Crippen LogP contribution in [0.25, 0.3) is 5.69 Å². The minimum absolute atomic E-state index is 0.0547. The summed E-state index contributed by atoms with van der Waals surface area (Å²) < 4.78 is 20.8. The van der Waals surface area contributed by atoms with Gasteiger partial charge in [0.15, 0.2) is 15.8 Å². The molecule has 0 fully saturated rings. The molecule has 0 atom stereocenters. The number of anilines is 2. The van der Waals surface area contributed by atoms with Crippen molar-refractivity contribution >= 4 is 45.7 Å². The molecule has 36 heavy (non-hydrogen) atoms. The number of hydrogen-bond acceptors (Lipinski definition) is 8. The molecule has 2 heterocycles. The van der Waals surface area contributed by atoms with Gasteiger partial charge in [-0.1, -0.05) is 42.2 Å². The van der Waals surface area contributed by atoms with Gasteiger partial charge in [-0.25, -0.2) is 9.07 Å². The molecule has 12 heteroatoms. The zero-order valence-electron chi connectivity index (χ0n) is 19.5. The Morgan fingerprint density at radius 1 is 1.06 bits per heavy atom. The topological polar surface area (TPSA) is 111 Å². The number of hydrogen-bond donors (Lipinski definition) is 2. The lowest BCUT2D eigenvalue weighted by Gasteiger charge is -2.05. The van der Waals surface area contributed by atoms with Crippen molar-refractivity contribution in [1.29, 1.82) is 0 Å². The number of halogens is 1. The molecule has 0 bridgehead atoms. The molecular formula is C24H23FN6O3S2. The van der Waals surface area contributed by atoms with E-state index in [2.05, 4.69) is 32.9 Å². The Morgan fingerprint density at radius 2 is 1.81 bits per heavy atom. The van der Waals surface area contributed by atoms with E-state index in [0.29, 0.717) is 16.6 Å². The van der Waals surface area contributed by atoms with Crippen LogP contribution >= 0.6 is 23.1 Å². The molecule has 0 aliphatic rings. The fourth-order valence-corrected chi connectivity index (χ4v) is 4.67. The largest absolute Gasteiger partial charge is 0.490 e. The van der Waals surface area contributed by atoms with Crippen LogP contribution in [-0.4, -0.2) is 44.2 Å². The highest BCUT2D eigenvalue weighted by Gasteiger charge is 2.21. The molecule has 186 valence electrons. The lowest BCUT2D eigenvalue weighted by atomic mass is 10.1. The van der Waals surface area contributed by atoms with Gasteiger partial charge in [0, 0.05) is 5.69 Å². The molecule has 0 aliphatic carbocycles. The van der Waals surface area contributed by atoms with Crippen molar-refractivity contribution in [1.82, 2.24) is 20.0 Å². The highest BCUT2D eigenvalue weighted by Crippen LogP contribution is 2.27. The Morgan fingerprint density at radius 3 is 2.50 bits per heavy atom. The average molecular weight is 527 g/mol. The van der Waals surface area contributed by atoms with Crippen molar-refractivity contribution in [2.45, 2.75) is 24.6 Å². The number of aromatic nitrogens is 4. The molecule has 2 amide bonds. The minimum atomic E-state index is -0.528. The van der Waals surface area contributed by atoms with Crippen LogP contribution in [0, 0.1) is 5.82 Å². The Balaban J connectivity index is 1.36. The van der Waals surface area contributed by atoms with Crippen molar-refractivity contribution in [2.75, 3.05) is 23.0 Å². The van der Waals surface area contributed by atoms with Gasteiger partial charge in [-0.3, -0.25) is 14.9 Å². The molecule has 0 unspecified atom stereocenters. The summed E-state index contributed by atoms with van der Waals surface area (Å²) in [6.45, 7) is 4.20. The summed E-state index contributed by atoms with van der Waals surface area (Å²) in [5, 5.41) is 18.1. The summed E-state index contributed by atoms with van der Waals surface area (Å²) in [5.74, 6) is -0.642. The van der Waals surface area contributed by atoms with Gasteiger partial charge in [0.2, 0.25) is 11.0 Å². The zero-order valence-corrected chi connectivity index (χ0v) is 21.2. The van der Waals surface area contributed by atoms with Crippen LogP contribution in [0.1, 0.15) is 29.9 Å². The normalized spacial score (nSPS) is 10.8. The number of carbonyl (C=O) groups excluding carboxylic acids is 2. The van der Waals surface area contributed by atoms with Crippen molar-refractivity contribution in [3.05, 3.63) is 71.8 Å². The summed E-state index contributed by atoms with van der Waals surface area (Å²) in [6.07, 6.45) is 2.49. The SMILES string of the molecule is CCOc1cn(-c2ccc(F)cc2)nc1C(=O)Nc1nnc(SCC(=O)Nc2ccc(CC)cc2)s1. The van der Waals surface area contributed by atoms with E-state index in [1.807, 2.05) is 24.3 Å². The number of nitrogens with one attached hydrogen (secondary N) is 2. The second-order valence-electron chi connectivity index (χ2n) is 7.41. The summed E-state index contributed by atoms with van der Waals surface area (Å²) in [7, 11) is 0. The van der Waals surface area contributed by atoms with Crippen LogP contribution in [0.15, 0.2) is 59.1 Å². The summed E-state index contributed by atoms with van der Waals surface area (Å²) in [5.41, 5.74) is 2.55. The maximum absolute atomic E-state index is 13.2. The predicted octanol–water partition coefficient (Wildman–Crippen LogP) is 4.81. The monoisotopic (exact) mass is 526 g/mol. The van der Waals surface area contributed by atoms with E-state index in [0.717, 1.165) is 23.4 Å². The van der Waals surface area contributed by atoms with Gasteiger partial charge in [0.1, 0.15) is 5.82 Å².